The lowest BCUT2D eigenvalue weighted by molar-refractivity contribution is 0.0898. The summed E-state index contributed by atoms with van der Waals surface area (Å²) in [4.78, 5) is 15.0. The van der Waals surface area contributed by atoms with Crippen LogP contribution < -0.4 is 15.0 Å². The Bertz CT molecular complexity index is 826. The summed E-state index contributed by atoms with van der Waals surface area (Å²) in [5.41, 5.74) is 0.708. The van der Waals surface area contributed by atoms with Gasteiger partial charge in [0.1, 0.15) is 5.56 Å². The number of benzene rings is 1. The maximum absolute atomic E-state index is 13.8. The minimum absolute atomic E-state index is 0.0856. The molecular formula is C20H26FN3O3. The van der Waals surface area contributed by atoms with E-state index in [1.807, 2.05) is 0 Å². The lowest BCUT2D eigenvalue weighted by atomic mass is 9.93. The van der Waals surface area contributed by atoms with Gasteiger partial charge in [-0.05, 0) is 37.5 Å². The average molecular weight is 375 g/mol. The largest absolute Gasteiger partial charge is 0.494 e. The third kappa shape index (κ3) is 3.63. The highest BCUT2D eigenvalue weighted by atomic mass is 19.1. The number of nitrogens with zero attached hydrogens (tertiary/aromatic N) is 2. The molecule has 7 heteroatoms. The number of hydrogen-bond donors (Lipinski definition) is 1. The Morgan fingerprint density at radius 2 is 2.07 bits per heavy atom. The fraction of sp³-hybridized carbons (Fsp3) is 0.500. The van der Waals surface area contributed by atoms with Crippen LogP contribution in [0.1, 0.15) is 49.4 Å². The van der Waals surface area contributed by atoms with E-state index in [2.05, 4.69) is 17.4 Å². The summed E-state index contributed by atoms with van der Waals surface area (Å²) in [6, 6.07) is 4.36. The van der Waals surface area contributed by atoms with Gasteiger partial charge in [-0.2, -0.15) is 0 Å². The molecular weight excluding hydrogens is 349 g/mol. The van der Waals surface area contributed by atoms with E-state index in [0.717, 1.165) is 32.1 Å². The molecule has 1 N–H and O–H groups in total. The molecule has 1 aliphatic rings. The quantitative estimate of drug-likeness (QED) is 0.826. The summed E-state index contributed by atoms with van der Waals surface area (Å²) < 4.78 is 24.3. The van der Waals surface area contributed by atoms with Crippen LogP contribution in [0.4, 0.5) is 10.2 Å². The van der Waals surface area contributed by atoms with Gasteiger partial charge in [0, 0.05) is 25.2 Å². The van der Waals surface area contributed by atoms with Gasteiger partial charge in [-0.3, -0.25) is 4.79 Å². The Labute approximate surface area is 158 Å². The molecule has 0 unspecified atom stereocenters. The van der Waals surface area contributed by atoms with E-state index >= 15 is 0 Å². The topological polar surface area (TPSA) is 67.6 Å². The number of anilines is 1. The van der Waals surface area contributed by atoms with Crippen molar-refractivity contribution in [2.24, 2.45) is 0 Å². The van der Waals surface area contributed by atoms with Crippen molar-refractivity contribution >= 4 is 11.7 Å². The third-order valence-corrected chi connectivity index (χ3v) is 5.35. The zero-order valence-corrected chi connectivity index (χ0v) is 16.3. The number of halogens is 1. The molecule has 0 spiro atoms. The van der Waals surface area contributed by atoms with Crippen LogP contribution in [-0.2, 0) is 0 Å². The van der Waals surface area contributed by atoms with Crippen LogP contribution >= 0.6 is 0 Å². The second kappa shape index (κ2) is 7.58. The monoisotopic (exact) mass is 375 g/mol. The number of nitrogens with one attached hydrogen (secondary N) is 1. The molecule has 146 valence electrons. The molecule has 0 aliphatic heterocycles. The van der Waals surface area contributed by atoms with E-state index < -0.39 is 5.82 Å². The van der Waals surface area contributed by atoms with E-state index in [0.29, 0.717) is 22.7 Å². The highest BCUT2D eigenvalue weighted by molar-refractivity contribution is 6.04. The molecule has 27 heavy (non-hydrogen) atoms. The van der Waals surface area contributed by atoms with Crippen LogP contribution in [0.3, 0.4) is 0 Å². The molecule has 1 heterocycles. The zero-order chi connectivity index (χ0) is 19.6. The van der Waals surface area contributed by atoms with E-state index in [-0.39, 0.29) is 17.2 Å². The van der Waals surface area contributed by atoms with Crippen molar-refractivity contribution in [3.05, 3.63) is 29.6 Å². The van der Waals surface area contributed by atoms with E-state index in [9.17, 15) is 9.18 Å². The SMILES string of the molecule is CCC1(NC(=O)c2c(N(C)C)noc2-c2ccc(F)c(OC)c2)CCCC1. The van der Waals surface area contributed by atoms with E-state index in [1.165, 1.54) is 19.2 Å². The summed E-state index contributed by atoms with van der Waals surface area (Å²) in [6.07, 6.45) is 5.04. The van der Waals surface area contributed by atoms with Crippen LogP contribution in [0.25, 0.3) is 11.3 Å². The Balaban J connectivity index is 2.03. The molecule has 2 aromatic rings. The summed E-state index contributed by atoms with van der Waals surface area (Å²) in [6.45, 7) is 2.10. The lowest BCUT2D eigenvalue weighted by Crippen LogP contribution is -2.46. The number of hydrogen-bond acceptors (Lipinski definition) is 5. The van der Waals surface area contributed by atoms with Crippen LogP contribution in [0.5, 0.6) is 5.75 Å². The highest BCUT2D eigenvalue weighted by Crippen LogP contribution is 2.36. The minimum Gasteiger partial charge on any atom is -0.494 e. The Morgan fingerprint density at radius 3 is 2.67 bits per heavy atom. The maximum Gasteiger partial charge on any atom is 0.259 e. The zero-order valence-electron chi connectivity index (χ0n) is 16.3. The van der Waals surface area contributed by atoms with Crippen LogP contribution in [0, 0.1) is 5.82 Å². The number of aromatic nitrogens is 1. The van der Waals surface area contributed by atoms with Crippen molar-refractivity contribution in [1.82, 2.24) is 10.5 Å². The molecule has 1 saturated carbocycles. The first kappa shape index (κ1) is 19.2. The van der Waals surface area contributed by atoms with Gasteiger partial charge in [-0.25, -0.2) is 4.39 Å². The number of rotatable bonds is 6. The third-order valence-electron chi connectivity index (χ3n) is 5.35. The number of amides is 1. The van der Waals surface area contributed by atoms with Gasteiger partial charge < -0.3 is 19.5 Å². The van der Waals surface area contributed by atoms with Crippen molar-refractivity contribution in [2.75, 3.05) is 26.1 Å². The summed E-state index contributed by atoms with van der Waals surface area (Å²) in [5.74, 6) is 0.133. The van der Waals surface area contributed by atoms with Gasteiger partial charge in [0.15, 0.2) is 23.1 Å². The normalized spacial score (nSPS) is 15.6. The highest BCUT2D eigenvalue weighted by Gasteiger charge is 2.36. The number of methoxy groups -OCH3 is 1. The molecule has 1 amide bonds. The average Bonchev–Trinajstić information content (AvgIpc) is 3.29. The summed E-state index contributed by atoms with van der Waals surface area (Å²) in [7, 11) is 5.00. The van der Waals surface area contributed by atoms with Crippen LogP contribution in [-0.4, -0.2) is 37.8 Å². The molecule has 0 atom stereocenters. The predicted octanol–water partition coefficient (Wildman–Crippen LogP) is 4.01. The summed E-state index contributed by atoms with van der Waals surface area (Å²) in [5, 5.41) is 7.29. The lowest BCUT2D eigenvalue weighted by Gasteiger charge is -2.29. The molecule has 1 aromatic carbocycles. The minimum atomic E-state index is -0.476. The van der Waals surface area contributed by atoms with Crippen molar-refractivity contribution in [3.8, 4) is 17.1 Å². The second-order valence-corrected chi connectivity index (χ2v) is 7.25. The molecule has 1 fully saturated rings. The first-order valence-corrected chi connectivity index (χ1v) is 9.24. The molecule has 3 rings (SSSR count). The van der Waals surface area contributed by atoms with Gasteiger partial charge in [0.2, 0.25) is 0 Å². The van der Waals surface area contributed by atoms with Gasteiger partial charge in [-0.1, -0.05) is 24.9 Å². The fourth-order valence-electron chi connectivity index (χ4n) is 3.71. The first-order chi connectivity index (χ1) is 12.9. The molecule has 1 aromatic heterocycles. The van der Waals surface area contributed by atoms with Gasteiger partial charge in [0.25, 0.3) is 5.91 Å². The Hall–Kier alpha value is -2.57. The van der Waals surface area contributed by atoms with E-state index in [1.54, 1.807) is 25.1 Å². The fourth-order valence-corrected chi connectivity index (χ4v) is 3.71. The Kier molecular flexibility index (Phi) is 5.39. The smallest absolute Gasteiger partial charge is 0.259 e. The second-order valence-electron chi connectivity index (χ2n) is 7.25. The molecule has 1 aliphatic carbocycles. The predicted molar refractivity (Wildman–Crippen MR) is 102 cm³/mol. The van der Waals surface area contributed by atoms with Gasteiger partial charge in [-0.15, -0.1) is 0 Å². The van der Waals surface area contributed by atoms with Crippen LogP contribution in [0.15, 0.2) is 22.7 Å². The van der Waals surface area contributed by atoms with Crippen LogP contribution in [0.2, 0.25) is 0 Å². The van der Waals surface area contributed by atoms with Crippen molar-refractivity contribution in [2.45, 2.75) is 44.6 Å². The summed E-state index contributed by atoms with van der Waals surface area (Å²) >= 11 is 0. The first-order valence-electron chi connectivity index (χ1n) is 9.24. The molecule has 0 saturated heterocycles. The molecule has 0 bridgehead atoms. The van der Waals surface area contributed by atoms with Crippen molar-refractivity contribution in [3.63, 3.8) is 0 Å². The number of ether oxygens (including phenoxy) is 1. The van der Waals surface area contributed by atoms with E-state index in [4.69, 9.17) is 9.26 Å². The molecule has 0 radical (unpaired) electrons. The number of carbonyl (C=O) groups is 1. The van der Waals surface area contributed by atoms with Gasteiger partial charge >= 0.3 is 0 Å². The molecule has 6 nitrogen and oxygen atoms in total. The standard InChI is InChI=1S/C20H26FN3O3/c1-5-20(10-6-7-11-20)22-19(25)16-17(27-23-18(16)24(2)3)13-8-9-14(21)15(12-13)26-4/h8-9,12H,5-7,10-11H2,1-4H3,(H,22,25). The van der Waals surface area contributed by atoms with Crippen molar-refractivity contribution in [1.29, 1.82) is 0 Å². The Morgan fingerprint density at radius 1 is 1.37 bits per heavy atom. The maximum atomic E-state index is 13.8. The number of carbonyl (C=O) groups excluding carboxylic acids is 1. The van der Waals surface area contributed by atoms with Gasteiger partial charge in [0.05, 0.1) is 7.11 Å². The van der Waals surface area contributed by atoms with Crippen molar-refractivity contribution < 1.29 is 18.4 Å².